The van der Waals surface area contributed by atoms with Gasteiger partial charge in [0, 0.05) is 41.4 Å². The lowest BCUT2D eigenvalue weighted by Gasteiger charge is -2.24. The second kappa shape index (κ2) is 28.7. The first-order valence-electron chi connectivity index (χ1n) is 22.3. The van der Waals surface area contributed by atoms with E-state index in [-0.39, 0.29) is 63.0 Å². The van der Waals surface area contributed by atoms with Crippen molar-refractivity contribution in [3.8, 4) is 11.4 Å². The lowest BCUT2D eigenvalue weighted by molar-refractivity contribution is -0.159. The second-order valence-electron chi connectivity index (χ2n) is 14.6. The van der Waals surface area contributed by atoms with Crippen molar-refractivity contribution >= 4 is 57.0 Å². The highest BCUT2D eigenvalue weighted by atomic mass is 32.2. The van der Waals surface area contributed by atoms with Gasteiger partial charge in [-0.1, -0.05) is 71.4 Å². The smallest absolute Gasteiger partial charge is 0.458 e. The van der Waals surface area contributed by atoms with Gasteiger partial charge in [0.25, 0.3) is 5.56 Å². The minimum atomic E-state index is -3.49. The maximum atomic E-state index is 13.9. The topological polar surface area (TPSA) is 271 Å². The van der Waals surface area contributed by atoms with Crippen molar-refractivity contribution in [1.29, 1.82) is 0 Å². The van der Waals surface area contributed by atoms with Crippen LogP contribution in [-0.2, 0) is 74.3 Å². The summed E-state index contributed by atoms with van der Waals surface area (Å²) < 4.78 is 49.1. The van der Waals surface area contributed by atoms with Gasteiger partial charge in [-0.2, -0.15) is 4.31 Å². The van der Waals surface area contributed by atoms with Gasteiger partial charge in [0.2, 0.25) is 34.4 Å². The number of carbonyl (C=O) groups is 5. The molecule has 4 aromatic rings. The summed E-state index contributed by atoms with van der Waals surface area (Å²) >= 11 is 0. The Balaban J connectivity index is 0.00000116. The van der Waals surface area contributed by atoms with Crippen LogP contribution in [0.2, 0.25) is 0 Å². The summed E-state index contributed by atoms with van der Waals surface area (Å²) in [5.74, 6) is -1.73. The quantitative estimate of drug-likeness (QED) is 0.0742. The standard InChI is InChI=1S/C38H41N5O11S.C4H11N.2C2H6.CH3NO/c1-5-51-21-33(45)39-17-32(44)40-24-12-10-23(11-13-24)19-53-38(48)54-35-27-16-31-34-28(18-42(31)36(46)29(27)20-52-37(35)47)25(26-8-6-7-9-30(26)41-34)14-15-43(22(2)3)55(4,49)50;1-2-3-4-5;2*1-2;2-1-3/h6-13,16,22,35H,5,14-15,17-21H2,1-4H3,(H,39,45)(H,40,44);2-5H2,1H3;2*1-2H3;1H,(H2,2,3). The van der Waals surface area contributed by atoms with Crippen LogP contribution in [0.1, 0.15) is 102 Å². The average Bonchev–Trinajstić information content (AvgIpc) is 3.68. The Morgan fingerprint density at radius 1 is 1.01 bits per heavy atom. The molecule has 2 aromatic heterocycles. The molecule has 2 aliphatic heterocycles. The number of sulfonamides is 1. The van der Waals surface area contributed by atoms with Crippen LogP contribution in [0, 0.1) is 0 Å². The van der Waals surface area contributed by atoms with Gasteiger partial charge >= 0.3 is 12.1 Å². The molecule has 0 spiro atoms. The number of cyclic esters (lactones) is 1. The number of fused-ring (bicyclic) bond motifs is 5. The molecule has 0 saturated heterocycles. The van der Waals surface area contributed by atoms with Crippen molar-refractivity contribution in [2.24, 2.45) is 11.5 Å². The first-order chi connectivity index (χ1) is 32.1. The van der Waals surface area contributed by atoms with Gasteiger partial charge < -0.3 is 45.6 Å². The lowest BCUT2D eigenvalue weighted by atomic mass is 9.97. The number of pyridine rings is 2. The van der Waals surface area contributed by atoms with Gasteiger partial charge in [-0.25, -0.2) is 23.0 Å². The Kier molecular flexibility index (Phi) is 24.4. The normalized spacial score (nSPS) is 13.0. The molecule has 6 rings (SSSR count). The third-order valence-corrected chi connectivity index (χ3v) is 11.3. The highest BCUT2D eigenvalue weighted by Crippen LogP contribution is 2.39. The fourth-order valence-corrected chi connectivity index (χ4v) is 8.05. The Labute approximate surface area is 392 Å². The molecule has 20 heteroatoms. The fraction of sp³-hybridized carbons (Fsp3) is 0.468. The number of carbonyl (C=O) groups excluding carboxylic acids is 5. The minimum Gasteiger partial charge on any atom is -0.458 e. The fourth-order valence-electron chi connectivity index (χ4n) is 6.86. The van der Waals surface area contributed by atoms with Crippen LogP contribution in [0.5, 0.6) is 0 Å². The first-order valence-corrected chi connectivity index (χ1v) is 24.2. The molecule has 368 valence electrons. The highest BCUT2D eigenvalue weighted by Gasteiger charge is 2.38. The van der Waals surface area contributed by atoms with E-state index in [1.165, 1.54) is 28.0 Å². The average molecular weight is 954 g/mol. The summed E-state index contributed by atoms with van der Waals surface area (Å²) in [4.78, 5) is 77.1. The van der Waals surface area contributed by atoms with Crippen LogP contribution in [0.25, 0.3) is 22.3 Å². The van der Waals surface area contributed by atoms with Crippen LogP contribution in [0.4, 0.5) is 10.5 Å². The number of benzene rings is 2. The molecule has 6 N–H and O–H groups in total. The Morgan fingerprint density at radius 2 is 1.67 bits per heavy atom. The van der Waals surface area contributed by atoms with E-state index in [1.54, 1.807) is 37.3 Å². The third kappa shape index (κ3) is 16.3. The van der Waals surface area contributed by atoms with Crippen LogP contribution >= 0.6 is 0 Å². The monoisotopic (exact) mass is 953 g/mol. The van der Waals surface area contributed by atoms with E-state index in [0.29, 0.717) is 41.2 Å². The molecular weight excluding hydrogens is 887 g/mol. The minimum absolute atomic E-state index is 0.143. The maximum Gasteiger partial charge on any atom is 0.509 e. The largest absolute Gasteiger partial charge is 0.509 e. The van der Waals surface area contributed by atoms with E-state index in [4.69, 9.17) is 34.5 Å². The number of nitrogens with two attached hydrogens (primary N) is 2. The van der Waals surface area contributed by atoms with Crippen molar-refractivity contribution in [2.75, 3.05) is 44.4 Å². The molecular formula is C47H67N7O12S. The number of nitrogens with zero attached hydrogens (tertiary/aromatic N) is 3. The number of rotatable bonds is 16. The molecule has 0 fully saturated rings. The van der Waals surface area contributed by atoms with Crippen molar-refractivity contribution < 1.29 is 51.3 Å². The van der Waals surface area contributed by atoms with E-state index in [0.717, 1.165) is 23.1 Å². The summed E-state index contributed by atoms with van der Waals surface area (Å²) in [7, 11) is -3.49. The van der Waals surface area contributed by atoms with E-state index in [1.807, 2.05) is 65.8 Å². The van der Waals surface area contributed by atoms with E-state index < -0.39 is 45.6 Å². The van der Waals surface area contributed by atoms with Crippen LogP contribution in [0.15, 0.2) is 59.4 Å². The van der Waals surface area contributed by atoms with Crippen LogP contribution in [-0.4, -0.2) is 97.8 Å². The number of para-hydroxylation sites is 1. The first kappa shape index (κ1) is 56.9. The molecule has 0 saturated carbocycles. The Hall–Kier alpha value is -6.22. The Morgan fingerprint density at radius 3 is 2.25 bits per heavy atom. The summed E-state index contributed by atoms with van der Waals surface area (Å²) in [5.41, 5.74) is 13.4. The Bertz CT molecular complexity index is 2440. The number of esters is 1. The van der Waals surface area contributed by atoms with Crippen molar-refractivity contribution in [3.63, 3.8) is 0 Å². The second-order valence-corrected chi connectivity index (χ2v) is 16.5. The highest BCUT2D eigenvalue weighted by molar-refractivity contribution is 7.88. The number of amides is 3. The molecule has 1 unspecified atom stereocenters. The number of ether oxygens (including phenoxy) is 4. The van der Waals surface area contributed by atoms with Gasteiger partial charge in [-0.3, -0.25) is 19.2 Å². The van der Waals surface area contributed by atoms with Gasteiger partial charge in [0.05, 0.1) is 41.8 Å². The van der Waals surface area contributed by atoms with E-state index in [2.05, 4.69) is 23.3 Å². The zero-order valence-electron chi connectivity index (χ0n) is 40.0. The molecule has 67 heavy (non-hydrogen) atoms. The van der Waals surface area contributed by atoms with E-state index >= 15 is 0 Å². The molecule has 4 heterocycles. The predicted molar refractivity (Wildman–Crippen MR) is 256 cm³/mol. The summed E-state index contributed by atoms with van der Waals surface area (Å²) in [6.07, 6.45) is 1.42. The molecule has 3 amide bonds. The summed E-state index contributed by atoms with van der Waals surface area (Å²) in [5, 5.41) is 5.93. The predicted octanol–water partition coefficient (Wildman–Crippen LogP) is 5.08. The molecule has 2 aliphatic rings. The van der Waals surface area contributed by atoms with Crippen molar-refractivity contribution in [3.05, 3.63) is 92.8 Å². The SMILES string of the molecule is CC.CC.CCCCN.CCOCC(=O)NCC(=O)Nc1ccc(COC(=O)OC2C(=O)OCc3c2cc2n(c3=O)Cc3c-2nc2ccccc2c3CCN(C(C)C)S(C)(=O)=O)cc1.NC=O. The third-order valence-electron chi connectivity index (χ3n) is 9.79. The zero-order chi connectivity index (χ0) is 50.3. The van der Waals surface area contributed by atoms with Crippen LogP contribution in [0.3, 0.4) is 0 Å². The number of aromatic nitrogens is 2. The summed E-state index contributed by atoms with van der Waals surface area (Å²) in [6.45, 7) is 16.2. The summed E-state index contributed by atoms with van der Waals surface area (Å²) in [6, 6.07) is 15.2. The molecule has 0 bridgehead atoms. The van der Waals surface area contributed by atoms with E-state index in [9.17, 15) is 32.4 Å². The van der Waals surface area contributed by atoms with Crippen LogP contribution < -0.4 is 27.7 Å². The number of hydrogen-bond acceptors (Lipinski definition) is 14. The molecule has 0 radical (unpaired) electrons. The van der Waals surface area contributed by atoms with Gasteiger partial charge in [0.1, 0.15) is 19.8 Å². The molecule has 1 atom stereocenters. The maximum absolute atomic E-state index is 13.9. The lowest BCUT2D eigenvalue weighted by Crippen LogP contribution is -2.37. The van der Waals surface area contributed by atoms with Crippen molar-refractivity contribution in [1.82, 2.24) is 19.2 Å². The molecule has 19 nitrogen and oxygen atoms in total. The molecule has 2 aromatic carbocycles. The molecule has 0 aliphatic carbocycles. The van der Waals surface area contributed by atoms with Gasteiger partial charge in [0.15, 0.2) is 0 Å². The number of hydrogen-bond donors (Lipinski definition) is 4. The van der Waals surface area contributed by atoms with Gasteiger partial charge in [-0.05, 0) is 75.5 Å². The number of unbranched alkanes of at least 4 members (excludes halogenated alkanes) is 1. The van der Waals surface area contributed by atoms with Crippen molar-refractivity contribution in [2.45, 2.75) is 107 Å². The zero-order valence-corrected chi connectivity index (χ0v) is 40.8. The number of anilines is 1. The number of nitrogens with one attached hydrogen (secondary N) is 2. The van der Waals surface area contributed by atoms with Gasteiger partial charge in [-0.15, -0.1) is 0 Å². The number of primary amides is 1.